The number of methoxy groups -OCH3 is 1. The molecule has 2 heterocycles. The Kier molecular flexibility index (Phi) is 4.78. The summed E-state index contributed by atoms with van der Waals surface area (Å²) in [6, 6.07) is 8.95. The van der Waals surface area contributed by atoms with E-state index in [0.29, 0.717) is 11.2 Å². The first-order valence-electron chi connectivity index (χ1n) is 8.61. The van der Waals surface area contributed by atoms with Crippen LogP contribution in [0.4, 0.5) is 10.1 Å². The normalized spacial score (nSPS) is 12.8. The van der Waals surface area contributed by atoms with Crippen molar-refractivity contribution in [3.05, 3.63) is 48.3 Å². The van der Waals surface area contributed by atoms with Gasteiger partial charge in [-0.25, -0.2) is 8.91 Å². The van der Waals surface area contributed by atoms with Crippen LogP contribution in [0.3, 0.4) is 0 Å². The number of halogens is 1. The molecule has 3 rings (SSSR count). The van der Waals surface area contributed by atoms with Crippen LogP contribution >= 0.6 is 0 Å². The van der Waals surface area contributed by atoms with Gasteiger partial charge in [0, 0.05) is 11.8 Å². The van der Waals surface area contributed by atoms with Gasteiger partial charge in [0.25, 0.3) is 5.91 Å². The van der Waals surface area contributed by atoms with Gasteiger partial charge in [0.05, 0.1) is 36.1 Å². The molecule has 142 valence electrons. The molecule has 0 saturated heterocycles. The van der Waals surface area contributed by atoms with Crippen LogP contribution < -0.4 is 15.8 Å². The molecule has 7 heteroatoms. The maximum Gasteiger partial charge on any atom is 0.252 e. The Balaban J connectivity index is 2.11. The maximum absolute atomic E-state index is 14.3. The molecule has 0 radical (unpaired) electrons. The minimum absolute atomic E-state index is 0.220. The van der Waals surface area contributed by atoms with Crippen LogP contribution in [0.25, 0.3) is 16.6 Å². The molecule has 1 atom stereocenters. The van der Waals surface area contributed by atoms with Gasteiger partial charge < -0.3 is 15.8 Å². The Hall–Kier alpha value is -3.09. The molecule has 2 aromatic heterocycles. The Morgan fingerprint density at radius 1 is 1.30 bits per heavy atom. The van der Waals surface area contributed by atoms with Crippen LogP contribution in [-0.4, -0.2) is 34.3 Å². The Morgan fingerprint density at radius 3 is 2.52 bits per heavy atom. The first-order valence-corrected chi connectivity index (χ1v) is 8.61. The zero-order valence-electron chi connectivity index (χ0n) is 15.8. The van der Waals surface area contributed by atoms with E-state index in [1.54, 1.807) is 18.5 Å². The van der Waals surface area contributed by atoms with Crippen molar-refractivity contribution in [2.24, 2.45) is 5.73 Å². The molecule has 3 aromatic rings. The molecule has 1 amide bonds. The van der Waals surface area contributed by atoms with Gasteiger partial charge in [-0.2, -0.15) is 5.10 Å². The number of anilines is 1. The third-order valence-corrected chi connectivity index (χ3v) is 4.72. The topological polar surface area (TPSA) is 81.6 Å². The highest BCUT2D eigenvalue weighted by atomic mass is 19.1. The summed E-state index contributed by atoms with van der Waals surface area (Å²) in [6.07, 6.45) is 3.24. The quantitative estimate of drug-likeness (QED) is 0.694. The van der Waals surface area contributed by atoms with Crippen molar-refractivity contribution in [3.63, 3.8) is 0 Å². The van der Waals surface area contributed by atoms with Gasteiger partial charge in [0.1, 0.15) is 11.4 Å². The third kappa shape index (κ3) is 3.72. The highest BCUT2D eigenvalue weighted by molar-refractivity contribution is 6.02. The number of benzene rings is 1. The second kappa shape index (κ2) is 6.90. The van der Waals surface area contributed by atoms with Crippen molar-refractivity contribution < 1.29 is 13.9 Å². The number of carbonyl (C=O) groups excluding carboxylic acids is 1. The number of hydrogen-bond donors (Lipinski definition) is 2. The van der Waals surface area contributed by atoms with E-state index in [0.717, 1.165) is 16.9 Å². The summed E-state index contributed by atoms with van der Waals surface area (Å²) in [5.74, 6) is 0.140. The second-order valence-corrected chi connectivity index (χ2v) is 7.02. The number of primary amides is 1. The largest absolute Gasteiger partial charge is 0.497 e. The van der Waals surface area contributed by atoms with Crippen molar-refractivity contribution in [1.29, 1.82) is 0 Å². The molecule has 0 aliphatic rings. The van der Waals surface area contributed by atoms with Crippen LogP contribution in [0.1, 0.15) is 31.1 Å². The molecule has 0 fully saturated rings. The van der Waals surface area contributed by atoms with E-state index < -0.39 is 17.6 Å². The summed E-state index contributed by atoms with van der Waals surface area (Å²) in [6.45, 7) is 4.68. The van der Waals surface area contributed by atoms with Crippen LogP contribution in [0.5, 0.6) is 5.75 Å². The fourth-order valence-electron chi connectivity index (χ4n) is 2.72. The summed E-state index contributed by atoms with van der Waals surface area (Å²) < 4.78 is 21.2. The van der Waals surface area contributed by atoms with Crippen molar-refractivity contribution in [2.45, 2.75) is 32.5 Å². The lowest BCUT2D eigenvalue weighted by Gasteiger charge is -2.26. The van der Waals surface area contributed by atoms with Gasteiger partial charge in [-0.15, -0.1) is 0 Å². The van der Waals surface area contributed by atoms with Crippen molar-refractivity contribution in [3.8, 4) is 16.9 Å². The average molecular weight is 370 g/mol. The van der Waals surface area contributed by atoms with E-state index in [1.807, 2.05) is 36.5 Å². The number of alkyl halides is 1. The molecular formula is C20H23FN4O2. The van der Waals surface area contributed by atoms with Gasteiger partial charge in [-0.3, -0.25) is 4.79 Å². The van der Waals surface area contributed by atoms with E-state index in [2.05, 4.69) is 10.4 Å². The predicted octanol–water partition coefficient (Wildman–Crippen LogP) is 3.66. The minimum atomic E-state index is -1.49. The van der Waals surface area contributed by atoms with Gasteiger partial charge in [-0.05, 0) is 44.5 Å². The van der Waals surface area contributed by atoms with E-state index >= 15 is 0 Å². The molecule has 0 saturated carbocycles. The monoisotopic (exact) mass is 370 g/mol. The summed E-state index contributed by atoms with van der Waals surface area (Å²) in [7, 11) is 1.61. The Morgan fingerprint density at radius 2 is 1.96 bits per heavy atom. The second-order valence-electron chi connectivity index (χ2n) is 7.02. The molecule has 0 aliphatic carbocycles. The van der Waals surface area contributed by atoms with E-state index in [-0.39, 0.29) is 5.56 Å². The number of nitrogens with zero attached hydrogens (tertiary/aromatic N) is 2. The van der Waals surface area contributed by atoms with Crippen LogP contribution in [0, 0.1) is 0 Å². The number of rotatable bonds is 6. The number of fused-ring (bicyclic) bond motifs is 1. The zero-order chi connectivity index (χ0) is 19.8. The first kappa shape index (κ1) is 18.7. The average Bonchev–Trinajstić information content (AvgIpc) is 3.05. The number of hydrogen-bond acceptors (Lipinski definition) is 4. The van der Waals surface area contributed by atoms with Crippen LogP contribution in [0.2, 0.25) is 0 Å². The van der Waals surface area contributed by atoms with Crippen molar-refractivity contribution in [2.75, 3.05) is 12.4 Å². The molecule has 27 heavy (non-hydrogen) atoms. The summed E-state index contributed by atoms with van der Waals surface area (Å²) in [5, 5.41) is 7.37. The number of ether oxygens (including phenoxy) is 1. The molecule has 3 N–H and O–H groups in total. The Bertz CT molecular complexity index is 974. The van der Waals surface area contributed by atoms with Gasteiger partial charge >= 0.3 is 0 Å². The molecule has 6 nitrogen and oxygen atoms in total. The minimum Gasteiger partial charge on any atom is -0.497 e. The molecule has 0 bridgehead atoms. The number of amides is 1. The molecule has 0 aliphatic heterocycles. The Labute approximate surface area is 157 Å². The molecule has 1 unspecified atom stereocenters. The van der Waals surface area contributed by atoms with Gasteiger partial charge in [0.15, 0.2) is 0 Å². The van der Waals surface area contributed by atoms with Crippen LogP contribution in [-0.2, 0) is 0 Å². The summed E-state index contributed by atoms with van der Waals surface area (Å²) in [5.41, 5.74) is 7.22. The molecule has 1 aromatic carbocycles. The number of aromatic nitrogens is 2. The lowest BCUT2D eigenvalue weighted by Crippen LogP contribution is -2.36. The zero-order valence-corrected chi connectivity index (χ0v) is 15.8. The van der Waals surface area contributed by atoms with E-state index in [9.17, 15) is 9.18 Å². The van der Waals surface area contributed by atoms with E-state index in [4.69, 9.17) is 10.5 Å². The van der Waals surface area contributed by atoms with Gasteiger partial charge in [0.2, 0.25) is 0 Å². The lowest BCUT2D eigenvalue weighted by atomic mass is 10.0. The molecular weight excluding hydrogens is 347 g/mol. The van der Waals surface area contributed by atoms with Crippen molar-refractivity contribution >= 4 is 17.1 Å². The van der Waals surface area contributed by atoms with Crippen LogP contribution in [0.15, 0.2) is 42.7 Å². The first-order chi connectivity index (χ1) is 12.7. The number of nitrogens with one attached hydrogen (secondary N) is 1. The standard InChI is InChI=1S/C20H23FN4O2/c1-12(20(2,3)21)24-18-16(19(22)26)10-23-25-11-14(9-17(18)25)13-5-7-15(27-4)8-6-13/h5-12,24H,1-4H3,(H2,22,26). The fourth-order valence-corrected chi connectivity index (χ4v) is 2.72. The van der Waals surface area contributed by atoms with Crippen molar-refractivity contribution in [1.82, 2.24) is 9.61 Å². The smallest absolute Gasteiger partial charge is 0.252 e. The molecule has 0 spiro atoms. The highest BCUT2D eigenvalue weighted by Crippen LogP contribution is 2.31. The van der Waals surface area contributed by atoms with Gasteiger partial charge in [-0.1, -0.05) is 12.1 Å². The fraction of sp³-hybridized carbons (Fsp3) is 0.300. The maximum atomic E-state index is 14.3. The predicted molar refractivity (Wildman–Crippen MR) is 104 cm³/mol. The third-order valence-electron chi connectivity index (χ3n) is 4.72. The number of carbonyl (C=O) groups is 1. The summed E-state index contributed by atoms with van der Waals surface area (Å²) >= 11 is 0. The van der Waals surface area contributed by atoms with E-state index in [1.165, 1.54) is 20.0 Å². The summed E-state index contributed by atoms with van der Waals surface area (Å²) in [4.78, 5) is 11.9. The number of nitrogens with two attached hydrogens (primary N) is 1. The lowest BCUT2D eigenvalue weighted by molar-refractivity contribution is 0.1000. The SMILES string of the molecule is COc1ccc(-c2cc3c(NC(C)C(C)(C)F)c(C(N)=O)cnn3c2)cc1. The highest BCUT2D eigenvalue weighted by Gasteiger charge is 2.27.